The molecule has 0 unspecified atom stereocenters. The van der Waals surface area contributed by atoms with E-state index in [2.05, 4.69) is 15.5 Å². The molecule has 0 aliphatic heterocycles. The Balaban J connectivity index is 1.42. The Hall–Kier alpha value is -4.64. The molecular formula is C29H22N4O. The molecule has 34 heavy (non-hydrogen) atoms. The number of nitrogens with zero attached hydrogens (tertiary/aromatic N) is 3. The van der Waals surface area contributed by atoms with Crippen molar-refractivity contribution in [3.05, 3.63) is 120 Å². The molecule has 0 radical (unpaired) electrons. The lowest BCUT2D eigenvalue weighted by Gasteiger charge is -2.12. The zero-order valence-corrected chi connectivity index (χ0v) is 18.6. The molecular weight excluding hydrogens is 420 g/mol. The van der Waals surface area contributed by atoms with Crippen molar-refractivity contribution in [3.63, 3.8) is 0 Å². The summed E-state index contributed by atoms with van der Waals surface area (Å²) in [5.74, 6) is -0.188. The molecule has 1 N–H and O–H groups in total. The molecule has 0 saturated heterocycles. The number of rotatable bonds is 5. The molecule has 5 aromatic rings. The molecule has 4 aromatic carbocycles. The summed E-state index contributed by atoms with van der Waals surface area (Å²) in [4.78, 5) is 18.1. The predicted octanol–water partition coefficient (Wildman–Crippen LogP) is 7.88. The molecule has 0 aliphatic rings. The number of carbonyl (C=O) groups excluding carboxylic acids is 1. The molecule has 0 bridgehead atoms. The van der Waals surface area contributed by atoms with E-state index in [1.807, 2.05) is 116 Å². The number of nitrogens with one attached hydrogen (secondary N) is 1. The fourth-order valence-electron chi connectivity index (χ4n) is 3.78. The van der Waals surface area contributed by atoms with Gasteiger partial charge >= 0.3 is 0 Å². The molecule has 0 atom stereocenters. The molecule has 5 rings (SSSR count). The highest BCUT2D eigenvalue weighted by molar-refractivity contribution is 6.13. The quantitative estimate of drug-likeness (QED) is 0.281. The van der Waals surface area contributed by atoms with Gasteiger partial charge in [0.1, 0.15) is 0 Å². The monoisotopic (exact) mass is 442 g/mol. The first-order chi connectivity index (χ1) is 16.7. The van der Waals surface area contributed by atoms with Crippen molar-refractivity contribution in [1.82, 2.24) is 4.98 Å². The molecule has 0 aliphatic carbocycles. The minimum atomic E-state index is -0.188. The third-order valence-electron chi connectivity index (χ3n) is 5.54. The molecule has 5 nitrogen and oxygen atoms in total. The predicted molar refractivity (Wildman–Crippen MR) is 137 cm³/mol. The van der Waals surface area contributed by atoms with Gasteiger partial charge < -0.3 is 5.32 Å². The summed E-state index contributed by atoms with van der Waals surface area (Å²) in [5, 5.41) is 12.3. The van der Waals surface area contributed by atoms with Crippen LogP contribution >= 0.6 is 0 Å². The van der Waals surface area contributed by atoms with E-state index in [9.17, 15) is 4.79 Å². The molecule has 1 amide bonds. The summed E-state index contributed by atoms with van der Waals surface area (Å²) in [6, 6.07) is 34.5. The zero-order chi connectivity index (χ0) is 23.3. The van der Waals surface area contributed by atoms with E-state index in [4.69, 9.17) is 4.98 Å². The highest BCUT2D eigenvalue weighted by Crippen LogP contribution is 2.28. The summed E-state index contributed by atoms with van der Waals surface area (Å²) in [5.41, 5.74) is 6.43. The maximum absolute atomic E-state index is 13.3. The maximum Gasteiger partial charge on any atom is 0.256 e. The fourth-order valence-corrected chi connectivity index (χ4v) is 3.78. The van der Waals surface area contributed by atoms with Gasteiger partial charge in [-0.05, 0) is 61.0 Å². The summed E-state index contributed by atoms with van der Waals surface area (Å²) < 4.78 is 0. The maximum atomic E-state index is 13.3. The van der Waals surface area contributed by atoms with Crippen molar-refractivity contribution in [3.8, 4) is 11.3 Å². The Morgan fingerprint density at radius 2 is 1.38 bits per heavy atom. The molecule has 0 fully saturated rings. The summed E-state index contributed by atoms with van der Waals surface area (Å²) in [6.45, 7) is 2.04. The number of azo groups is 1. The van der Waals surface area contributed by atoms with Crippen LogP contribution in [0.3, 0.4) is 0 Å². The van der Waals surface area contributed by atoms with E-state index >= 15 is 0 Å². The van der Waals surface area contributed by atoms with Gasteiger partial charge in [0.15, 0.2) is 0 Å². The number of hydrogen-bond donors (Lipinski definition) is 1. The zero-order valence-electron chi connectivity index (χ0n) is 18.6. The van der Waals surface area contributed by atoms with Crippen molar-refractivity contribution in [2.24, 2.45) is 10.2 Å². The second kappa shape index (κ2) is 9.46. The van der Waals surface area contributed by atoms with Crippen LogP contribution in [0.2, 0.25) is 0 Å². The standard InChI is InChI=1S/C29H22N4O/c1-20-9-5-6-12-24(20)28-19-26(25-13-7-8-14-27(25)31-28)29(34)30-21-15-17-23(18-16-21)33-32-22-10-3-2-4-11-22/h2-19H,1H3,(H,30,34). The Labute approximate surface area is 197 Å². The number of aryl methyl sites for hydroxylation is 1. The normalized spacial score (nSPS) is 11.1. The Morgan fingerprint density at radius 1 is 0.735 bits per heavy atom. The molecule has 164 valence electrons. The third-order valence-corrected chi connectivity index (χ3v) is 5.54. The summed E-state index contributed by atoms with van der Waals surface area (Å²) >= 11 is 0. The minimum absolute atomic E-state index is 0.188. The SMILES string of the molecule is Cc1ccccc1-c1cc(C(=O)Nc2ccc(N=Nc3ccccc3)cc2)c2ccccc2n1. The molecule has 5 heteroatoms. The molecule has 0 spiro atoms. The Kier molecular flexibility index (Phi) is 5.91. The molecule has 1 heterocycles. The van der Waals surface area contributed by atoms with Crippen molar-refractivity contribution in [2.45, 2.75) is 6.92 Å². The summed E-state index contributed by atoms with van der Waals surface area (Å²) in [7, 11) is 0. The Bertz CT molecular complexity index is 1490. The van der Waals surface area contributed by atoms with Gasteiger partial charge in [-0.3, -0.25) is 4.79 Å². The van der Waals surface area contributed by atoms with E-state index in [-0.39, 0.29) is 5.91 Å². The number of amides is 1. The van der Waals surface area contributed by atoms with Gasteiger partial charge in [0.2, 0.25) is 0 Å². The van der Waals surface area contributed by atoms with Crippen molar-refractivity contribution >= 4 is 33.9 Å². The number of carbonyl (C=O) groups is 1. The second-order valence-corrected chi connectivity index (χ2v) is 7.92. The van der Waals surface area contributed by atoms with Gasteiger partial charge in [-0.25, -0.2) is 4.98 Å². The van der Waals surface area contributed by atoms with Gasteiger partial charge in [0.05, 0.1) is 28.1 Å². The third kappa shape index (κ3) is 4.59. The van der Waals surface area contributed by atoms with E-state index in [1.54, 1.807) is 0 Å². The van der Waals surface area contributed by atoms with Crippen LogP contribution in [0, 0.1) is 6.92 Å². The second-order valence-electron chi connectivity index (χ2n) is 7.92. The average Bonchev–Trinajstić information content (AvgIpc) is 2.88. The lowest BCUT2D eigenvalue weighted by molar-refractivity contribution is 0.102. The van der Waals surface area contributed by atoms with E-state index in [1.165, 1.54) is 0 Å². The smallest absolute Gasteiger partial charge is 0.256 e. The average molecular weight is 443 g/mol. The van der Waals surface area contributed by atoms with Crippen LogP contribution in [0.5, 0.6) is 0 Å². The van der Waals surface area contributed by atoms with Crippen LogP contribution in [0.1, 0.15) is 15.9 Å². The summed E-state index contributed by atoms with van der Waals surface area (Å²) in [6.07, 6.45) is 0. The lowest BCUT2D eigenvalue weighted by atomic mass is 10.0. The number of pyridine rings is 1. The van der Waals surface area contributed by atoms with Crippen molar-refractivity contribution in [1.29, 1.82) is 0 Å². The van der Waals surface area contributed by atoms with Crippen LogP contribution in [-0.4, -0.2) is 10.9 Å². The number of para-hydroxylation sites is 1. The first-order valence-electron chi connectivity index (χ1n) is 11.0. The van der Waals surface area contributed by atoms with Gasteiger partial charge in [0, 0.05) is 16.6 Å². The number of benzene rings is 4. The number of aromatic nitrogens is 1. The highest BCUT2D eigenvalue weighted by Gasteiger charge is 2.15. The largest absolute Gasteiger partial charge is 0.322 e. The minimum Gasteiger partial charge on any atom is -0.322 e. The Morgan fingerprint density at radius 3 is 2.15 bits per heavy atom. The topological polar surface area (TPSA) is 66.7 Å². The van der Waals surface area contributed by atoms with Crippen LogP contribution in [0.25, 0.3) is 22.2 Å². The van der Waals surface area contributed by atoms with Crippen LogP contribution in [0.15, 0.2) is 119 Å². The van der Waals surface area contributed by atoms with Crippen molar-refractivity contribution < 1.29 is 4.79 Å². The highest BCUT2D eigenvalue weighted by atomic mass is 16.1. The number of hydrogen-bond acceptors (Lipinski definition) is 4. The molecule has 1 aromatic heterocycles. The van der Waals surface area contributed by atoms with Gasteiger partial charge in [-0.15, -0.1) is 0 Å². The fraction of sp³-hybridized carbons (Fsp3) is 0.0345. The van der Waals surface area contributed by atoms with Crippen molar-refractivity contribution in [2.75, 3.05) is 5.32 Å². The van der Waals surface area contributed by atoms with Gasteiger partial charge in [0.25, 0.3) is 5.91 Å². The number of anilines is 1. The van der Waals surface area contributed by atoms with Crippen LogP contribution in [-0.2, 0) is 0 Å². The number of fused-ring (bicyclic) bond motifs is 1. The first-order valence-corrected chi connectivity index (χ1v) is 11.0. The first kappa shape index (κ1) is 21.2. The van der Waals surface area contributed by atoms with Crippen LogP contribution < -0.4 is 5.32 Å². The van der Waals surface area contributed by atoms with Gasteiger partial charge in [-0.1, -0.05) is 60.7 Å². The lowest BCUT2D eigenvalue weighted by Crippen LogP contribution is -2.13. The molecule has 0 saturated carbocycles. The van der Waals surface area contributed by atoms with Gasteiger partial charge in [-0.2, -0.15) is 10.2 Å². The van der Waals surface area contributed by atoms with E-state index in [0.29, 0.717) is 16.9 Å². The van der Waals surface area contributed by atoms with E-state index in [0.717, 1.165) is 33.4 Å². The van der Waals surface area contributed by atoms with E-state index < -0.39 is 0 Å². The van der Waals surface area contributed by atoms with Crippen LogP contribution in [0.4, 0.5) is 17.1 Å².